The number of carbonyl (C=O) groups is 3. The summed E-state index contributed by atoms with van der Waals surface area (Å²) in [5.74, 6) is -1.42. The van der Waals surface area contributed by atoms with E-state index in [1.54, 1.807) is 35.7 Å². The van der Waals surface area contributed by atoms with Crippen LogP contribution in [-0.2, 0) is 14.3 Å². The van der Waals surface area contributed by atoms with Gasteiger partial charge in [0, 0.05) is 52.4 Å². The van der Waals surface area contributed by atoms with Crippen molar-refractivity contribution in [2.24, 2.45) is 10.7 Å². The number of hydrazine groups is 1. The molecule has 4 aliphatic rings. The first-order valence-corrected chi connectivity index (χ1v) is 16.4. The van der Waals surface area contributed by atoms with Crippen LogP contribution in [0.2, 0.25) is 0 Å². The van der Waals surface area contributed by atoms with Gasteiger partial charge in [0.1, 0.15) is 30.5 Å². The fourth-order valence-electron chi connectivity index (χ4n) is 6.46. The third-order valence-electron chi connectivity index (χ3n) is 9.02. The van der Waals surface area contributed by atoms with Crippen LogP contribution < -0.4 is 15.8 Å². The van der Waals surface area contributed by atoms with E-state index >= 15 is 0 Å². The number of amides is 3. The fraction of sp³-hybridized carbons (Fsp3) is 0.455. The number of hydrogen-bond acceptors (Lipinski definition) is 13. The van der Waals surface area contributed by atoms with E-state index in [4.69, 9.17) is 15.5 Å². The Bertz CT molecular complexity index is 1820. The Morgan fingerprint density at radius 1 is 1.18 bits per heavy atom. The molecule has 3 amide bonds. The third kappa shape index (κ3) is 7.19. The molecule has 272 valence electrons. The number of ether oxygens (including phenoxy) is 2. The van der Waals surface area contributed by atoms with Gasteiger partial charge in [-0.3, -0.25) is 14.4 Å². The van der Waals surface area contributed by atoms with Crippen molar-refractivity contribution in [1.82, 2.24) is 34.7 Å². The molecule has 4 aliphatic heterocycles. The lowest BCUT2D eigenvalue weighted by molar-refractivity contribution is -0.159. The number of nitrogens with one attached hydrogen (secondary N) is 1. The molecule has 0 radical (unpaired) electrons. The number of aromatic nitrogens is 2. The molecule has 18 heteroatoms. The number of fused-ring (bicyclic) bond motifs is 1. The number of aliphatic imine (C=N–C) groups is 1. The minimum absolute atomic E-state index is 0.0521. The predicted octanol–water partition coefficient (Wildman–Crippen LogP) is 1.39. The fourth-order valence-corrected chi connectivity index (χ4v) is 6.46. The van der Waals surface area contributed by atoms with Crippen LogP contribution in [0.4, 0.5) is 14.5 Å². The number of anilines is 1. The van der Waals surface area contributed by atoms with Gasteiger partial charge in [-0.05, 0) is 49.6 Å². The van der Waals surface area contributed by atoms with Crippen molar-refractivity contribution in [3.8, 4) is 11.5 Å². The first-order valence-electron chi connectivity index (χ1n) is 16.4. The van der Waals surface area contributed by atoms with Crippen molar-refractivity contribution >= 4 is 29.4 Å². The standard InChI is InChI=1S/C33H40F2N10O6/c1-19-15-22(51-33(3,34)35)5-6-23(19)39-25(46)17-44-24(16-36)27(31(49)45-32(44)40-29(41(45)4)21-7-13-50-14-8-21)42-9-11-43(12-10-42)30(48)26-28(47)20(2)37-18-38-26/h5-7,15,18,29,47H,8-14,16-17,36H2,1-4H3,(H,39,46). The van der Waals surface area contributed by atoms with E-state index in [0.717, 1.165) is 5.57 Å². The van der Waals surface area contributed by atoms with Gasteiger partial charge in [-0.25, -0.2) is 20.0 Å². The Balaban J connectivity index is 1.28. The quantitative estimate of drug-likeness (QED) is 0.319. The van der Waals surface area contributed by atoms with Gasteiger partial charge in [-0.2, -0.15) is 13.8 Å². The average molecular weight is 711 g/mol. The van der Waals surface area contributed by atoms with E-state index in [9.17, 15) is 28.3 Å². The molecular formula is C33H40F2N10O6. The van der Waals surface area contributed by atoms with Gasteiger partial charge >= 0.3 is 6.11 Å². The summed E-state index contributed by atoms with van der Waals surface area (Å²) in [6, 6.07) is 4.21. The molecule has 51 heavy (non-hydrogen) atoms. The number of piperazine rings is 1. The lowest BCUT2D eigenvalue weighted by Crippen LogP contribution is -2.61. The third-order valence-corrected chi connectivity index (χ3v) is 9.02. The molecule has 6 rings (SSSR count). The number of halogens is 2. The number of benzene rings is 1. The Hall–Kier alpha value is -5.20. The van der Waals surface area contributed by atoms with Crippen molar-refractivity contribution in [2.45, 2.75) is 39.5 Å². The highest BCUT2D eigenvalue weighted by Gasteiger charge is 2.48. The number of hydrogen-bond donors (Lipinski definition) is 3. The maximum atomic E-state index is 14.4. The minimum Gasteiger partial charge on any atom is -0.504 e. The number of likely N-dealkylation sites (N-methyl/N-ethyl adjacent to an activating group) is 1. The molecule has 0 spiro atoms. The van der Waals surface area contributed by atoms with Crippen LogP contribution >= 0.6 is 0 Å². The molecule has 5 heterocycles. The lowest BCUT2D eigenvalue weighted by atomic mass is 10.1. The second-order valence-electron chi connectivity index (χ2n) is 12.6. The number of nitrogens with zero attached hydrogens (tertiary/aromatic N) is 8. The van der Waals surface area contributed by atoms with Gasteiger partial charge in [0.2, 0.25) is 11.9 Å². The van der Waals surface area contributed by atoms with Crippen LogP contribution in [0.3, 0.4) is 0 Å². The van der Waals surface area contributed by atoms with Crippen molar-refractivity contribution in [3.05, 3.63) is 64.5 Å². The minimum atomic E-state index is -3.37. The van der Waals surface area contributed by atoms with Crippen LogP contribution in [-0.4, -0.2) is 135 Å². The van der Waals surface area contributed by atoms with E-state index in [1.807, 2.05) is 11.0 Å². The molecule has 0 saturated carbocycles. The summed E-state index contributed by atoms with van der Waals surface area (Å²) < 4.78 is 37.0. The number of rotatable bonds is 9. The van der Waals surface area contributed by atoms with Gasteiger partial charge in [0.05, 0.1) is 24.6 Å². The molecule has 1 aromatic carbocycles. The van der Waals surface area contributed by atoms with E-state index < -0.39 is 24.1 Å². The van der Waals surface area contributed by atoms with Crippen LogP contribution in [0.15, 0.2) is 52.6 Å². The average Bonchev–Trinajstić information content (AvgIpc) is 3.45. The number of carbonyl (C=O) groups excluding carboxylic acids is 3. The van der Waals surface area contributed by atoms with Crippen molar-refractivity contribution < 1.29 is 37.7 Å². The molecule has 1 aromatic heterocycles. The molecule has 0 bridgehead atoms. The first-order chi connectivity index (χ1) is 24.3. The Labute approximate surface area is 292 Å². The first kappa shape index (κ1) is 35.6. The van der Waals surface area contributed by atoms with Crippen LogP contribution in [0.5, 0.6) is 11.5 Å². The SMILES string of the molecule is Cc1cc(OC(C)(F)F)ccc1NC(=O)CN1C2=NC(C3=CCOCC3)N(C)N2C(=O)C(N2CCN(C(=O)c3ncnc(C)c3O)CC2)=C1CN. The van der Waals surface area contributed by atoms with Gasteiger partial charge in [-0.1, -0.05) is 6.08 Å². The highest BCUT2D eigenvalue weighted by atomic mass is 19.3. The van der Waals surface area contributed by atoms with Crippen LogP contribution in [0.1, 0.15) is 35.1 Å². The molecule has 4 N–H and O–H groups in total. The number of nitrogens with two attached hydrogens (primary N) is 1. The Morgan fingerprint density at radius 3 is 2.57 bits per heavy atom. The maximum Gasteiger partial charge on any atom is 0.394 e. The summed E-state index contributed by atoms with van der Waals surface area (Å²) >= 11 is 0. The maximum absolute atomic E-state index is 14.4. The second kappa shape index (κ2) is 14.2. The van der Waals surface area contributed by atoms with E-state index in [2.05, 4.69) is 20.0 Å². The number of alkyl halides is 2. The molecule has 1 atom stereocenters. The van der Waals surface area contributed by atoms with Crippen molar-refractivity contribution in [3.63, 3.8) is 0 Å². The molecule has 16 nitrogen and oxygen atoms in total. The van der Waals surface area contributed by atoms with Crippen molar-refractivity contribution in [2.75, 3.05) is 64.8 Å². The summed E-state index contributed by atoms with van der Waals surface area (Å²) in [5, 5.41) is 16.4. The zero-order valence-corrected chi connectivity index (χ0v) is 28.7. The number of guanidine groups is 1. The van der Waals surface area contributed by atoms with Gasteiger partial charge in [-0.15, -0.1) is 0 Å². The van der Waals surface area contributed by atoms with Crippen molar-refractivity contribution in [1.29, 1.82) is 0 Å². The molecular weight excluding hydrogens is 670 g/mol. The molecule has 1 fully saturated rings. The molecule has 1 unspecified atom stereocenters. The van der Waals surface area contributed by atoms with Gasteiger partial charge < -0.3 is 40.3 Å². The Kier molecular flexibility index (Phi) is 9.92. The van der Waals surface area contributed by atoms with E-state index in [0.29, 0.717) is 43.5 Å². The number of aromatic hydroxyl groups is 1. The topological polar surface area (TPSA) is 182 Å². The lowest BCUT2D eigenvalue weighted by Gasteiger charge is -2.44. The summed E-state index contributed by atoms with van der Waals surface area (Å²) in [6.45, 7) is 5.32. The van der Waals surface area contributed by atoms with E-state index in [1.165, 1.54) is 29.5 Å². The van der Waals surface area contributed by atoms with E-state index in [-0.39, 0.29) is 79.7 Å². The largest absolute Gasteiger partial charge is 0.504 e. The monoisotopic (exact) mass is 710 g/mol. The van der Waals surface area contributed by atoms with Crippen LogP contribution in [0, 0.1) is 13.8 Å². The summed E-state index contributed by atoms with van der Waals surface area (Å²) in [5.41, 5.74) is 9.01. The molecule has 2 aromatic rings. The van der Waals surface area contributed by atoms with Crippen LogP contribution in [0.25, 0.3) is 0 Å². The highest BCUT2D eigenvalue weighted by Crippen LogP contribution is 2.34. The normalized spacial score (nSPS) is 20.0. The number of aryl methyl sites for hydroxylation is 2. The second-order valence-corrected chi connectivity index (χ2v) is 12.6. The molecule has 0 aliphatic carbocycles. The Morgan fingerprint density at radius 2 is 1.92 bits per heavy atom. The zero-order valence-electron chi connectivity index (χ0n) is 28.7. The van der Waals surface area contributed by atoms with Gasteiger partial charge in [0.15, 0.2) is 11.4 Å². The highest BCUT2D eigenvalue weighted by molar-refractivity contribution is 6.10. The summed E-state index contributed by atoms with van der Waals surface area (Å²) in [7, 11) is 1.75. The smallest absolute Gasteiger partial charge is 0.394 e. The predicted molar refractivity (Wildman–Crippen MR) is 179 cm³/mol. The van der Waals surface area contributed by atoms with Gasteiger partial charge in [0.25, 0.3) is 11.8 Å². The summed E-state index contributed by atoms with van der Waals surface area (Å²) in [4.78, 5) is 59.2. The molecule has 1 saturated heterocycles. The summed E-state index contributed by atoms with van der Waals surface area (Å²) in [6.07, 6.45) is -0.132. The zero-order chi connectivity index (χ0) is 36.6.